The summed E-state index contributed by atoms with van der Waals surface area (Å²) in [5.74, 6) is 4.53. The van der Waals surface area contributed by atoms with Crippen LogP contribution in [0.25, 0.3) is 0 Å². The number of rotatable bonds is 27. The van der Waals surface area contributed by atoms with Crippen molar-refractivity contribution in [2.75, 3.05) is 192 Å². The maximum atomic E-state index is 10.0. The van der Waals surface area contributed by atoms with Crippen LogP contribution in [0.1, 0.15) is 361 Å². The molecule has 0 bridgehead atoms. The third-order valence-corrected chi connectivity index (χ3v) is 25.6. The van der Waals surface area contributed by atoms with Crippen molar-refractivity contribution in [1.29, 1.82) is 0 Å². The molecule has 0 saturated carbocycles. The fourth-order valence-corrected chi connectivity index (χ4v) is 17.4. The first-order chi connectivity index (χ1) is 64.7. The van der Waals surface area contributed by atoms with Crippen LogP contribution < -0.4 is 34.9 Å². The molecular formula is C124H247BN10NaO7S5. The molecule has 0 atom stereocenters. The first-order valence-corrected chi connectivity index (χ1v) is 56.0. The van der Waals surface area contributed by atoms with Crippen molar-refractivity contribution < 1.29 is 63.2 Å². The molecule has 5 fully saturated rings. The minimum Gasteiger partial charge on any atom is -0.793 e. The van der Waals surface area contributed by atoms with E-state index in [9.17, 15) is 19.2 Å². The van der Waals surface area contributed by atoms with Gasteiger partial charge in [0.05, 0.1) is 0 Å². The van der Waals surface area contributed by atoms with Crippen molar-refractivity contribution in [1.82, 2.24) is 49.4 Å². The van der Waals surface area contributed by atoms with E-state index in [1.54, 1.807) is 12.1 Å². The summed E-state index contributed by atoms with van der Waals surface area (Å²) in [5.41, 5.74) is 6.47. The monoisotopic (exact) mass is 2180 g/mol. The Labute approximate surface area is 970 Å². The van der Waals surface area contributed by atoms with Gasteiger partial charge in [0.2, 0.25) is 5.97 Å². The molecule has 0 aromatic heterocycles. The summed E-state index contributed by atoms with van der Waals surface area (Å²) in [6.45, 7) is 104. The number of allylic oxidation sites excluding steroid dienone is 2. The number of hydrogen-bond acceptors (Lipinski definition) is 22. The number of benzene rings is 5. The van der Waals surface area contributed by atoms with Crippen molar-refractivity contribution in [3.05, 3.63) is 205 Å². The third-order valence-electron chi connectivity index (χ3n) is 19.3. The van der Waals surface area contributed by atoms with Crippen molar-refractivity contribution in [3.8, 4) is 0 Å². The number of unbranched alkanes of at least 4 members (excludes halogenated alkanes) is 2. The van der Waals surface area contributed by atoms with Crippen molar-refractivity contribution in [2.45, 2.75) is 378 Å². The van der Waals surface area contributed by atoms with Gasteiger partial charge < -0.3 is 18.0 Å². The predicted octanol–water partition coefficient (Wildman–Crippen LogP) is 29.8. The van der Waals surface area contributed by atoms with Gasteiger partial charge in [-0.3, -0.25) is 53.7 Å². The Morgan fingerprint density at radius 1 is 0.331 bits per heavy atom. The van der Waals surface area contributed by atoms with Crippen molar-refractivity contribution in [2.24, 2.45) is 0 Å². The maximum absolute atomic E-state index is 10.0. The Morgan fingerprint density at radius 2 is 0.507 bits per heavy atom. The number of thioether (sulfide) groups is 5. The minimum atomic E-state index is -0.639. The largest absolute Gasteiger partial charge is 1.00 e. The zero-order valence-corrected chi connectivity index (χ0v) is 99.4. The van der Waals surface area contributed by atoms with E-state index in [2.05, 4.69) is 430 Å². The second kappa shape index (κ2) is 122. The second-order valence-corrected chi connectivity index (χ2v) is 47.5. The number of piperazine rings is 5. The molecule has 869 valence electrons. The number of hydrogen-bond donors (Lipinski definition) is 1. The Morgan fingerprint density at radius 3 is 0.635 bits per heavy atom. The van der Waals surface area contributed by atoms with Gasteiger partial charge in [0, 0.05) is 269 Å². The summed E-state index contributed by atoms with van der Waals surface area (Å²) >= 11 is 10.4. The van der Waals surface area contributed by atoms with Gasteiger partial charge >= 0.3 is 41.5 Å². The molecule has 3 radical (unpaired) electrons. The molecule has 148 heavy (non-hydrogen) atoms. The average Bonchev–Trinajstić information content (AvgIpc) is 0.890. The summed E-state index contributed by atoms with van der Waals surface area (Å²) in [6, 6.07) is 52.4. The molecule has 5 saturated heterocycles. The molecule has 0 unspecified atom stereocenters. The Kier molecular flexibility index (Phi) is 150. The summed E-state index contributed by atoms with van der Waals surface area (Å²) in [7, 11) is 4.32. The van der Waals surface area contributed by atoms with Crippen LogP contribution in [-0.2, 0) is 55.0 Å². The van der Waals surface area contributed by atoms with Crippen LogP contribution in [0, 0.1) is 0 Å². The average molecular weight is 2180 g/mol. The van der Waals surface area contributed by atoms with Crippen LogP contribution in [0.2, 0.25) is 0 Å². The standard InChI is InChI=1S/4C17H28N2S.C10H22N2S.C7H6O.C5H12.C5H10.C4H6O4.2C3H8.C2H3BO2.2C2H6.C2H4.11CH4.Na/c4*1-17(2,3)20-14-13-18-9-11-19(12-10-18)15-16-7-5-4-6-8-16;1-10(2,3)13-9-8-12-6-4-11-5-7-12;8-6-7-4-2-1-3-5-7;2*1-3-5-4-2;1-3(5)7-8-4(2)6;2*1-3-2;1-2(4)5-3;3*1-2;;;;;;;;;;;;/h4*4-8H,9-15H2,1-3H3;11H,4-9H2,1-3H3;1-6H;3-5H2,1-2H3;3,5H,4H2,1-2H3;1-2H3;2*3H2,1-2H3;1H3;2*1-2H3;1-2H2;11*1H4;/q;;;;;;;;;;;-1;;;;;;;;;;;;;;;+1/b;;;;;;;5-3+;;;;;;;;;;;;;;;;;;;. The second-order valence-electron chi connectivity index (χ2n) is 37.8. The fourth-order valence-electron chi connectivity index (χ4n) is 12.6. The van der Waals surface area contributed by atoms with Crippen LogP contribution in [0.5, 0.6) is 0 Å². The molecule has 24 heteroatoms. The SMILES string of the molecule is C.C.C.C.C.C.C.C.C.C.C.C/C=C/CC.C=C.CC.CC.CC(=O)OOC(C)=O.CC(C)(C)SCCN1CCN(Cc2ccccc2)CC1.CC(C)(C)SCCN1CCN(Cc2ccccc2)CC1.CC(C)(C)SCCN1CCN(Cc2ccccc2)CC1.CC(C)(C)SCCN1CCN(Cc2ccccc2)CC1.CC(C)(C)SCCN1CCNCC1.CCC.CCC.CCCCC.O=Cc1ccccc1.[B-]OC(C)=O.[Na+]. The Bertz CT molecular complexity index is 3110. The van der Waals surface area contributed by atoms with Crippen LogP contribution in [0.4, 0.5) is 0 Å². The molecule has 0 aliphatic carbocycles. The molecule has 5 aromatic rings. The first-order valence-electron chi connectivity index (χ1n) is 51.1. The van der Waals surface area contributed by atoms with Crippen molar-refractivity contribution >= 4 is 91.1 Å². The molecule has 17 nitrogen and oxygen atoms in total. The van der Waals surface area contributed by atoms with Crippen LogP contribution in [0.15, 0.2) is 177 Å². The third kappa shape index (κ3) is 129. The zero-order chi connectivity index (χ0) is 104. The molecule has 10 rings (SSSR count). The summed E-state index contributed by atoms with van der Waals surface area (Å²) < 4.78 is 5.63. The summed E-state index contributed by atoms with van der Waals surface area (Å²) in [5, 5.41) is 3.37. The van der Waals surface area contributed by atoms with Crippen molar-refractivity contribution in [3.63, 3.8) is 0 Å². The van der Waals surface area contributed by atoms with Gasteiger partial charge in [-0.1, -0.05) is 458 Å². The maximum Gasteiger partial charge on any atom is 1.00 e. The number of carbonyl (C=O) groups is 4. The van der Waals surface area contributed by atoms with Gasteiger partial charge in [0.15, 0.2) is 0 Å². The van der Waals surface area contributed by atoms with E-state index in [4.69, 9.17) is 0 Å². The quantitative estimate of drug-likeness (QED) is 0.0175. The summed E-state index contributed by atoms with van der Waals surface area (Å²) in [4.78, 5) is 70.1. The van der Waals surface area contributed by atoms with Crippen LogP contribution in [0.3, 0.4) is 0 Å². The number of aldehydes is 1. The number of nitrogens with zero attached hydrogens (tertiary/aromatic N) is 9. The molecule has 0 spiro atoms. The van der Waals surface area contributed by atoms with E-state index in [0.29, 0.717) is 23.7 Å². The van der Waals surface area contributed by atoms with E-state index in [1.165, 1.54) is 254 Å². The molecule has 5 aliphatic rings. The van der Waals surface area contributed by atoms with E-state index in [1.807, 2.05) is 52.8 Å². The van der Waals surface area contributed by atoms with E-state index in [0.717, 1.165) is 58.3 Å². The normalized spacial score (nSPS) is 13.8. The van der Waals surface area contributed by atoms with Gasteiger partial charge in [-0.05, 0) is 35.6 Å². The van der Waals surface area contributed by atoms with Gasteiger partial charge in [0.25, 0.3) is 0 Å². The molecule has 5 aliphatic heterocycles. The minimum absolute atomic E-state index is 0. The van der Waals surface area contributed by atoms with E-state index >= 15 is 0 Å². The Balaban J connectivity index is -0.0000000866. The van der Waals surface area contributed by atoms with Crippen LogP contribution >= 0.6 is 58.8 Å². The number of carbonyl (C=O) groups excluding carboxylic acids is 4. The van der Waals surface area contributed by atoms with E-state index < -0.39 is 17.9 Å². The molecule has 1 N–H and O–H groups in total. The molecule has 5 heterocycles. The predicted molar refractivity (Wildman–Crippen MR) is 686 cm³/mol. The smallest absolute Gasteiger partial charge is 0.793 e. The molecule has 0 amide bonds. The van der Waals surface area contributed by atoms with Gasteiger partial charge in [0.1, 0.15) is 6.29 Å². The van der Waals surface area contributed by atoms with E-state index in [-0.39, 0.29) is 111 Å². The van der Waals surface area contributed by atoms with Gasteiger partial charge in [-0.15, -0.1) is 13.2 Å². The number of nitrogens with one attached hydrogen (secondary N) is 1. The Hall–Kier alpha value is -3.93. The molecular weight excluding hydrogens is 1940 g/mol. The summed E-state index contributed by atoms with van der Waals surface area (Å²) in [6.07, 6.45) is 12.8. The fraction of sp³-hybridized carbons (Fsp3) is 0.694. The van der Waals surface area contributed by atoms with Gasteiger partial charge in [-0.25, -0.2) is 19.4 Å². The zero-order valence-electron chi connectivity index (χ0n) is 93.4. The topological polar surface area (TPSA) is 137 Å². The van der Waals surface area contributed by atoms with Gasteiger partial charge in [-0.2, -0.15) is 58.8 Å². The first kappa shape index (κ1) is 183. The van der Waals surface area contributed by atoms with Crippen LogP contribution in [-0.4, -0.2) is 292 Å². The molecule has 5 aromatic carbocycles.